The molecule has 0 atom stereocenters. The molecule has 0 bridgehead atoms. The van der Waals surface area contributed by atoms with Crippen molar-refractivity contribution in [2.24, 2.45) is 4.99 Å². The molecule has 0 unspecified atom stereocenters. The topological polar surface area (TPSA) is 65.1 Å². The smallest absolute Gasteiger partial charge is 0.191 e. The molecular formula is C10H20IN5. The highest BCUT2D eigenvalue weighted by atomic mass is 127. The van der Waals surface area contributed by atoms with Crippen molar-refractivity contribution in [3.8, 4) is 0 Å². The Labute approximate surface area is 114 Å². The summed E-state index contributed by atoms with van der Waals surface area (Å²) in [7, 11) is 1.77. The number of nitrogens with one attached hydrogen (secondary N) is 3. The van der Waals surface area contributed by atoms with Crippen LogP contribution in [0.4, 0.5) is 0 Å². The first kappa shape index (κ1) is 15.2. The zero-order valence-corrected chi connectivity index (χ0v) is 12.1. The summed E-state index contributed by atoms with van der Waals surface area (Å²) in [6.07, 6.45) is 4.08. The number of aromatic nitrogens is 2. The zero-order valence-electron chi connectivity index (χ0n) is 9.79. The third-order valence-electron chi connectivity index (χ3n) is 2.05. The van der Waals surface area contributed by atoms with Gasteiger partial charge in [-0.05, 0) is 12.5 Å². The minimum absolute atomic E-state index is 0. The highest BCUT2D eigenvalue weighted by Gasteiger charge is 1.97. The zero-order chi connectivity index (χ0) is 10.9. The number of rotatable bonds is 5. The van der Waals surface area contributed by atoms with Crippen LogP contribution in [-0.2, 0) is 6.54 Å². The number of hydrogen-bond donors (Lipinski definition) is 3. The van der Waals surface area contributed by atoms with Crippen LogP contribution in [0.2, 0.25) is 0 Å². The molecule has 16 heavy (non-hydrogen) atoms. The Bertz CT molecular complexity index is 283. The van der Waals surface area contributed by atoms with Crippen LogP contribution >= 0.6 is 24.0 Å². The molecule has 0 spiro atoms. The minimum atomic E-state index is 0. The van der Waals surface area contributed by atoms with Gasteiger partial charge in [-0.25, -0.2) is 0 Å². The number of hydrogen-bond acceptors (Lipinski definition) is 2. The lowest BCUT2D eigenvalue weighted by Crippen LogP contribution is -2.37. The molecule has 6 heteroatoms. The van der Waals surface area contributed by atoms with Gasteiger partial charge in [-0.1, -0.05) is 13.3 Å². The SMILES string of the molecule is CCCCNC(=NC)NCc1ccn[nH]1.I. The van der Waals surface area contributed by atoms with Crippen LogP contribution < -0.4 is 10.6 Å². The third-order valence-corrected chi connectivity index (χ3v) is 2.05. The average molecular weight is 337 g/mol. The standard InChI is InChI=1S/C10H19N5.HI/c1-3-4-6-12-10(11-2)13-8-9-5-7-14-15-9;/h5,7H,3-4,6,8H2,1-2H3,(H,14,15)(H2,11,12,13);1H. The maximum atomic E-state index is 4.12. The second kappa shape index (κ2) is 9.44. The van der Waals surface area contributed by atoms with Crippen molar-refractivity contribution < 1.29 is 0 Å². The normalized spacial score (nSPS) is 10.8. The van der Waals surface area contributed by atoms with Gasteiger partial charge >= 0.3 is 0 Å². The molecule has 0 fully saturated rings. The van der Waals surface area contributed by atoms with Crippen LogP contribution in [0.15, 0.2) is 17.3 Å². The maximum Gasteiger partial charge on any atom is 0.191 e. The van der Waals surface area contributed by atoms with Crippen LogP contribution in [0.3, 0.4) is 0 Å². The van der Waals surface area contributed by atoms with Crippen LogP contribution in [0, 0.1) is 0 Å². The number of aliphatic imine (C=N–C) groups is 1. The summed E-state index contributed by atoms with van der Waals surface area (Å²) in [6, 6.07) is 1.94. The first-order chi connectivity index (χ1) is 7.36. The Balaban J connectivity index is 0.00000225. The minimum Gasteiger partial charge on any atom is -0.356 e. The summed E-state index contributed by atoms with van der Waals surface area (Å²) in [4.78, 5) is 4.12. The fourth-order valence-corrected chi connectivity index (χ4v) is 1.17. The number of nitrogens with zero attached hydrogens (tertiary/aromatic N) is 2. The lowest BCUT2D eigenvalue weighted by molar-refractivity contribution is 0.725. The van der Waals surface area contributed by atoms with Crippen molar-refractivity contribution in [2.75, 3.05) is 13.6 Å². The summed E-state index contributed by atoms with van der Waals surface area (Å²) in [5, 5.41) is 13.2. The van der Waals surface area contributed by atoms with E-state index in [1.165, 1.54) is 6.42 Å². The Morgan fingerprint density at radius 3 is 2.88 bits per heavy atom. The van der Waals surface area contributed by atoms with Gasteiger partial charge in [0.25, 0.3) is 0 Å². The van der Waals surface area contributed by atoms with Crippen molar-refractivity contribution in [1.29, 1.82) is 0 Å². The number of unbranched alkanes of at least 4 members (excludes halogenated alkanes) is 1. The molecule has 0 amide bonds. The van der Waals surface area contributed by atoms with Gasteiger partial charge in [-0.2, -0.15) is 5.10 Å². The Hall–Kier alpha value is -0.790. The fraction of sp³-hybridized carbons (Fsp3) is 0.600. The van der Waals surface area contributed by atoms with E-state index < -0.39 is 0 Å². The summed E-state index contributed by atoms with van der Waals surface area (Å²) in [5.41, 5.74) is 1.05. The van der Waals surface area contributed by atoms with Crippen molar-refractivity contribution in [1.82, 2.24) is 20.8 Å². The molecule has 0 saturated heterocycles. The predicted octanol–water partition coefficient (Wildman–Crippen LogP) is 1.49. The quantitative estimate of drug-likeness (QED) is 0.330. The van der Waals surface area contributed by atoms with Gasteiger partial charge in [0.1, 0.15) is 0 Å². The van der Waals surface area contributed by atoms with Gasteiger partial charge in [0.2, 0.25) is 0 Å². The molecule has 0 aromatic carbocycles. The van der Waals surface area contributed by atoms with E-state index in [1.54, 1.807) is 13.2 Å². The Kier molecular flexibility index (Phi) is 8.97. The van der Waals surface area contributed by atoms with Crippen molar-refractivity contribution in [3.63, 3.8) is 0 Å². The second-order valence-electron chi connectivity index (χ2n) is 3.29. The lowest BCUT2D eigenvalue weighted by Gasteiger charge is -2.10. The molecule has 3 N–H and O–H groups in total. The highest BCUT2D eigenvalue weighted by Crippen LogP contribution is 1.89. The van der Waals surface area contributed by atoms with E-state index in [1.807, 2.05) is 6.07 Å². The van der Waals surface area contributed by atoms with Gasteiger partial charge in [-0.3, -0.25) is 10.1 Å². The van der Waals surface area contributed by atoms with E-state index in [0.717, 1.165) is 24.6 Å². The third kappa shape index (κ3) is 5.94. The first-order valence-corrected chi connectivity index (χ1v) is 5.29. The highest BCUT2D eigenvalue weighted by molar-refractivity contribution is 14.0. The molecule has 0 aliphatic heterocycles. The second-order valence-corrected chi connectivity index (χ2v) is 3.29. The van der Waals surface area contributed by atoms with Crippen molar-refractivity contribution in [3.05, 3.63) is 18.0 Å². The largest absolute Gasteiger partial charge is 0.356 e. The first-order valence-electron chi connectivity index (χ1n) is 5.29. The molecule has 0 aliphatic carbocycles. The molecule has 1 aromatic rings. The number of guanidine groups is 1. The van der Waals surface area contributed by atoms with Crippen LogP contribution in [0.1, 0.15) is 25.5 Å². The van der Waals surface area contributed by atoms with E-state index in [2.05, 4.69) is 32.7 Å². The van der Waals surface area contributed by atoms with Gasteiger partial charge in [-0.15, -0.1) is 24.0 Å². The van der Waals surface area contributed by atoms with Crippen molar-refractivity contribution in [2.45, 2.75) is 26.3 Å². The van der Waals surface area contributed by atoms with Crippen LogP contribution in [-0.4, -0.2) is 29.7 Å². The van der Waals surface area contributed by atoms with E-state index in [9.17, 15) is 0 Å². The Morgan fingerprint density at radius 2 is 2.31 bits per heavy atom. The molecule has 0 radical (unpaired) electrons. The summed E-state index contributed by atoms with van der Waals surface area (Å²) < 4.78 is 0. The van der Waals surface area contributed by atoms with E-state index in [0.29, 0.717) is 6.54 Å². The molecule has 1 aromatic heterocycles. The molecule has 1 rings (SSSR count). The summed E-state index contributed by atoms with van der Waals surface area (Å²) >= 11 is 0. The molecule has 5 nitrogen and oxygen atoms in total. The van der Waals surface area contributed by atoms with Crippen LogP contribution in [0.5, 0.6) is 0 Å². The molecule has 1 heterocycles. The van der Waals surface area contributed by atoms with Crippen molar-refractivity contribution >= 4 is 29.9 Å². The Morgan fingerprint density at radius 1 is 1.50 bits per heavy atom. The van der Waals surface area contributed by atoms with E-state index >= 15 is 0 Å². The fourth-order valence-electron chi connectivity index (χ4n) is 1.17. The van der Waals surface area contributed by atoms with Gasteiger partial charge in [0.05, 0.1) is 12.2 Å². The predicted molar refractivity (Wildman–Crippen MR) is 77.1 cm³/mol. The monoisotopic (exact) mass is 337 g/mol. The molecule has 0 aliphatic rings. The molecular weight excluding hydrogens is 317 g/mol. The van der Waals surface area contributed by atoms with Gasteiger partial charge < -0.3 is 10.6 Å². The maximum absolute atomic E-state index is 4.12. The molecule has 0 saturated carbocycles. The van der Waals surface area contributed by atoms with Crippen LogP contribution in [0.25, 0.3) is 0 Å². The van der Waals surface area contributed by atoms with E-state index in [-0.39, 0.29) is 24.0 Å². The number of aromatic amines is 1. The number of halogens is 1. The summed E-state index contributed by atoms with van der Waals surface area (Å²) in [5.74, 6) is 0.832. The lowest BCUT2D eigenvalue weighted by atomic mass is 10.3. The van der Waals surface area contributed by atoms with Gasteiger partial charge in [0, 0.05) is 19.8 Å². The summed E-state index contributed by atoms with van der Waals surface area (Å²) in [6.45, 7) is 3.84. The molecule has 92 valence electrons. The average Bonchev–Trinajstić information content (AvgIpc) is 2.76. The van der Waals surface area contributed by atoms with Gasteiger partial charge in [0.15, 0.2) is 5.96 Å². The number of H-pyrrole nitrogens is 1. The van der Waals surface area contributed by atoms with E-state index in [4.69, 9.17) is 0 Å².